The predicted molar refractivity (Wildman–Crippen MR) is 104 cm³/mol. The Morgan fingerprint density at radius 2 is 2.07 bits per heavy atom. The molecular weight excluding hydrogens is 342 g/mol. The quantitative estimate of drug-likeness (QED) is 0.814. The number of nitrogens with one attached hydrogen (secondary N) is 1. The third kappa shape index (κ3) is 5.88. The van der Waals surface area contributed by atoms with E-state index in [1.165, 1.54) is 5.56 Å². The topological polar surface area (TPSA) is 63.7 Å². The van der Waals surface area contributed by atoms with Crippen LogP contribution in [0, 0.1) is 5.92 Å². The monoisotopic (exact) mass is 369 g/mol. The Morgan fingerprint density at radius 1 is 1.26 bits per heavy atom. The van der Waals surface area contributed by atoms with Crippen LogP contribution < -0.4 is 14.8 Å². The Hall–Kier alpha value is -2.76. The van der Waals surface area contributed by atoms with Crippen LogP contribution in [0.15, 0.2) is 48.8 Å². The van der Waals surface area contributed by atoms with Crippen molar-refractivity contribution in [1.29, 1.82) is 0 Å². The van der Waals surface area contributed by atoms with Crippen LogP contribution in [0.3, 0.4) is 0 Å². The van der Waals surface area contributed by atoms with Gasteiger partial charge in [0.05, 0.1) is 13.7 Å². The van der Waals surface area contributed by atoms with E-state index < -0.39 is 0 Å². The molecule has 1 saturated heterocycles. The highest BCUT2D eigenvalue weighted by atomic mass is 16.5. The number of hydrogen-bond donors (Lipinski definition) is 1. The fraction of sp³-hybridized carbons (Fsp3) is 0.429. The maximum Gasteiger partial charge on any atom is 0.317 e. The van der Waals surface area contributed by atoms with Gasteiger partial charge >= 0.3 is 6.03 Å². The summed E-state index contributed by atoms with van der Waals surface area (Å²) in [6, 6.07) is 11.6. The van der Waals surface area contributed by atoms with E-state index in [9.17, 15) is 4.79 Å². The third-order valence-electron chi connectivity index (χ3n) is 4.77. The van der Waals surface area contributed by atoms with Gasteiger partial charge in [-0.2, -0.15) is 0 Å². The zero-order valence-corrected chi connectivity index (χ0v) is 15.8. The first-order valence-electron chi connectivity index (χ1n) is 9.43. The molecule has 0 saturated carbocycles. The highest BCUT2D eigenvalue weighted by Gasteiger charge is 2.24. The van der Waals surface area contributed by atoms with E-state index in [4.69, 9.17) is 9.47 Å². The molecule has 1 aromatic carbocycles. The molecule has 0 radical (unpaired) electrons. The first kappa shape index (κ1) is 19.0. The first-order valence-corrected chi connectivity index (χ1v) is 9.43. The largest absolute Gasteiger partial charge is 0.497 e. The van der Waals surface area contributed by atoms with E-state index in [-0.39, 0.29) is 6.03 Å². The number of amides is 2. The minimum atomic E-state index is 0.00939. The molecule has 6 nitrogen and oxygen atoms in total. The Balaban J connectivity index is 1.42. The maximum atomic E-state index is 12.4. The normalized spacial score (nSPS) is 16.6. The summed E-state index contributed by atoms with van der Waals surface area (Å²) < 4.78 is 11.1. The number of carbonyl (C=O) groups is 1. The van der Waals surface area contributed by atoms with Crippen LogP contribution in [-0.2, 0) is 6.42 Å². The number of carbonyl (C=O) groups excluding carboxylic acids is 1. The Labute approximate surface area is 160 Å². The highest BCUT2D eigenvalue weighted by molar-refractivity contribution is 5.74. The average Bonchev–Trinajstić information content (AvgIpc) is 2.73. The van der Waals surface area contributed by atoms with Gasteiger partial charge in [-0.05, 0) is 49.1 Å². The molecule has 144 valence electrons. The molecule has 0 aliphatic carbocycles. The molecule has 1 aliphatic heterocycles. The summed E-state index contributed by atoms with van der Waals surface area (Å²) in [5.74, 6) is 1.93. The van der Waals surface area contributed by atoms with Gasteiger partial charge < -0.3 is 19.7 Å². The van der Waals surface area contributed by atoms with Crippen LogP contribution in [0.25, 0.3) is 0 Å². The number of ether oxygens (including phenoxy) is 2. The van der Waals surface area contributed by atoms with E-state index in [1.54, 1.807) is 19.5 Å². The minimum Gasteiger partial charge on any atom is -0.497 e. The van der Waals surface area contributed by atoms with Crippen LogP contribution in [-0.4, -0.2) is 49.3 Å². The molecule has 1 unspecified atom stereocenters. The molecule has 0 bridgehead atoms. The number of hydrogen-bond acceptors (Lipinski definition) is 4. The molecule has 0 spiro atoms. The standard InChI is InChI=1S/C21H27N3O3/c1-26-19-5-2-6-20(14-19)27-16-18-4-3-13-24(15-18)21(25)23-12-9-17-7-10-22-11-8-17/h2,5-8,10-11,14,18H,3-4,9,12-13,15-16H2,1H3,(H,23,25). The Bertz CT molecular complexity index is 724. The van der Waals surface area contributed by atoms with Gasteiger partial charge in [-0.3, -0.25) is 4.98 Å². The SMILES string of the molecule is COc1cccc(OCC2CCCN(C(=O)NCCc3ccncc3)C2)c1. The molecular formula is C21H27N3O3. The number of likely N-dealkylation sites (tertiary alicyclic amines) is 1. The molecule has 3 rings (SSSR count). The molecule has 1 aromatic heterocycles. The molecule has 1 N–H and O–H groups in total. The highest BCUT2D eigenvalue weighted by Crippen LogP contribution is 2.22. The van der Waals surface area contributed by atoms with Crippen LogP contribution >= 0.6 is 0 Å². The van der Waals surface area contributed by atoms with Crippen molar-refractivity contribution >= 4 is 6.03 Å². The fourth-order valence-corrected chi connectivity index (χ4v) is 3.27. The lowest BCUT2D eigenvalue weighted by Crippen LogP contribution is -2.47. The summed E-state index contributed by atoms with van der Waals surface area (Å²) in [5.41, 5.74) is 1.17. The average molecular weight is 369 g/mol. The second kappa shape index (κ2) is 9.80. The predicted octanol–water partition coefficient (Wildman–Crippen LogP) is 3.13. The van der Waals surface area contributed by atoms with Crippen LogP contribution in [0.2, 0.25) is 0 Å². The van der Waals surface area contributed by atoms with E-state index in [0.29, 0.717) is 19.1 Å². The van der Waals surface area contributed by atoms with E-state index in [1.807, 2.05) is 41.3 Å². The number of pyridine rings is 1. The molecule has 6 heteroatoms. The first-order chi connectivity index (χ1) is 13.2. The van der Waals surface area contributed by atoms with Crippen LogP contribution in [0.4, 0.5) is 4.79 Å². The van der Waals surface area contributed by atoms with Crippen molar-refractivity contribution in [1.82, 2.24) is 15.2 Å². The van der Waals surface area contributed by atoms with Gasteiger partial charge in [-0.25, -0.2) is 4.79 Å². The number of rotatable bonds is 7. The molecule has 1 atom stereocenters. The van der Waals surface area contributed by atoms with E-state index in [0.717, 1.165) is 43.9 Å². The van der Waals surface area contributed by atoms with E-state index >= 15 is 0 Å². The summed E-state index contributed by atoms with van der Waals surface area (Å²) in [4.78, 5) is 18.3. The number of nitrogens with zero attached hydrogens (tertiary/aromatic N) is 2. The summed E-state index contributed by atoms with van der Waals surface area (Å²) >= 11 is 0. The van der Waals surface area contributed by atoms with Gasteiger partial charge in [0.2, 0.25) is 0 Å². The summed E-state index contributed by atoms with van der Waals surface area (Å²) in [6.45, 7) is 2.76. The van der Waals surface area contributed by atoms with Gasteiger partial charge in [-0.1, -0.05) is 6.07 Å². The number of aromatic nitrogens is 1. The smallest absolute Gasteiger partial charge is 0.317 e. The molecule has 2 heterocycles. The van der Waals surface area contributed by atoms with Crippen molar-refractivity contribution in [2.45, 2.75) is 19.3 Å². The summed E-state index contributed by atoms with van der Waals surface area (Å²) in [6.07, 6.45) is 6.43. The second-order valence-electron chi connectivity index (χ2n) is 6.78. The van der Waals surface area contributed by atoms with Crippen LogP contribution in [0.1, 0.15) is 18.4 Å². The molecule has 1 fully saturated rings. The van der Waals surface area contributed by atoms with Gasteiger partial charge in [0.1, 0.15) is 11.5 Å². The number of piperidine rings is 1. The number of urea groups is 1. The van der Waals surface area contributed by atoms with Crippen molar-refractivity contribution in [3.8, 4) is 11.5 Å². The zero-order chi connectivity index (χ0) is 18.9. The lowest BCUT2D eigenvalue weighted by molar-refractivity contribution is 0.137. The van der Waals surface area contributed by atoms with Crippen LogP contribution in [0.5, 0.6) is 11.5 Å². The lowest BCUT2D eigenvalue weighted by Gasteiger charge is -2.32. The van der Waals surface area contributed by atoms with E-state index in [2.05, 4.69) is 10.3 Å². The van der Waals surface area contributed by atoms with Gasteiger partial charge in [0.15, 0.2) is 0 Å². The third-order valence-corrected chi connectivity index (χ3v) is 4.77. The van der Waals surface area contributed by atoms with Crippen molar-refractivity contribution in [3.63, 3.8) is 0 Å². The fourth-order valence-electron chi connectivity index (χ4n) is 3.27. The van der Waals surface area contributed by atoms with Gasteiger partial charge in [0.25, 0.3) is 0 Å². The van der Waals surface area contributed by atoms with Gasteiger partial charge in [0, 0.05) is 44.0 Å². The molecule has 2 aromatic rings. The number of benzene rings is 1. The van der Waals surface area contributed by atoms with Crippen molar-refractivity contribution in [2.75, 3.05) is 33.4 Å². The zero-order valence-electron chi connectivity index (χ0n) is 15.8. The Kier molecular flexibility index (Phi) is 6.90. The lowest BCUT2D eigenvalue weighted by atomic mass is 9.99. The molecule has 27 heavy (non-hydrogen) atoms. The van der Waals surface area contributed by atoms with Crippen molar-refractivity contribution < 1.29 is 14.3 Å². The summed E-state index contributed by atoms with van der Waals surface area (Å²) in [7, 11) is 1.64. The second-order valence-corrected chi connectivity index (χ2v) is 6.78. The minimum absolute atomic E-state index is 0.00939. The van der Waals surface area contributed by atoms with Crippen molar-refractivity contribution in [3.05, 3.63) is 54.4 Å². The summed E-state index contributed by atoms with van der Waals surface area (Å²) in [5, 5.41) is 3.02. The Morgan fingerprint density at radius 3 is 2.89 bits per heavy atom. The molecule has 1 aliphatic rings. The maximum absolute atomic E-state index is 12.4. The number of methoxy groups -OCH3 is 1. The molecule has 2 amide bonds. The van der Waals surface area contributed by atoms with Gasteiger partial charge in [-0.15, -0.1) is 0 Å². The van der Waals surface area contributed by atoms with Crippen molar-refractivity contribution in [2.24, 2.45) is 5.92 Å².